The van der Waals surface area contributed by atoms with Crippen molar-refractivity contribution in [2.75, 3.05) is 13.1 Å². The van der Waals surface area contributed by atoms with Crippen LogP contribution in [-0.4, -0.2) is 23.9 Å². The van der Waals surface area contributed by atoms with Gasteiger partial charge in [0.2, 0.25) is 5.91 Å². The van der Waals surface area contributed by atoms with Crippen LogP contribution in [0.25, 0.3) is 0 Å². The zero-order valence-electron chi connectivity index (χ0n) is 11.0. The Morgan fingerprint density at radius 3 is 2.84 bits per heavy atom. The molecule has 0 saturated heterocycles. The number of hydrogen-bond donors (Lipinski definition) is 1. The minimum Gasteiger partial charge on any atom is -0.369 e. The van der Waals surface area contributed by atoms with Crippen LogP contribution in [0.1, 0.15) is 30.9 Å². The predicted octanol–water partition coefficient (Wildman–Crippen LogP) is 1.78. The molecule has 1 rings (SSSR count). The topological polar surface area (TPSA) is 70.1 Å². The molecule has 0 heterocycles. The number of unbranched alkanes of at least 4 members (excludes halogenated alkanes) is 1. The second-order valence-electron chi connectivity index (χ2n) is 4.44. The van der Waals surface area contributed by atoms with E-state index >= 15 is 0 Å². The molecule has 0 radical (unpaired) electrons. The first-order valence-corrected chi connectivity index (χ1v) is 6.26. The van der Waals surface area contributed by atoms with Crippen molar-refractivity contribution in [1.29, 1.82) is 5.26 Å². The lowest BCUT2D eigenvalue weighted by Gasteiger charge is -2.21. The molecule has 5 heteroatoms. The van der Waals surface area contributed by atoms with Gasteiger partial charge < -0.3 is 5.73 Å². The van der Waals surface area contributed by atoms with E-state index in [0.29, 0.717) is 24.2 Å². The summed E-state index contributed by atoms with van der Waals surface area (Å²) < 4.78 is 13.2. The van der Waals surface area contributed by atoms with Crippen molar-refractivity contribution in [2.45, 2.75) is 26.3 Å². The number of benzene rings is 1. The van der Waals surface area contributed by atoms with Crippen LogP contribution in [0.4, 0.5) is 4.39 Å². The van der Waals surface area contributed by atoms with E-state index < -0.39 is 5.91 Å². The lowest BCUT2D eigenvalue weighted by atomic mass is 10.1. The van der Waals surface area contributed by atoms with E-state index in [1.807, 2.05) is 17.9 Å². The van der Waals surface area contributed by atoms with Crippen LogP contribution in [0.2, 0.25) is 0 Å². The van der Waals surface area contributed by atoms with Crippen molar-refractivity contribution in [3.05, 3.63) is 35.1 Å². The van der Waals surface area contributed by atoms with Gasteiger partial charge in [0.05, 0.1) is 18.2 Å². The van der Waals surface area contributed by atoms with Crippen LogP contribution >= 0.6 is 0 Å². The van der Waals surface area contributed by atoms with Crippen LogP contribution in [0.5, 0.6) is 0 Å². The summed E-state index contributed by atoms with van der Waals surface area (Å²) in [6.07, 6.45) is 1.91. The third-order valence-electron chi connectivity index (χ3n) is 2.79. The molecule has 1 aromatic rings. The van der Waals surface area contributed by atoms with Gasteiger partial charge in [0.25, 0.3) is 0 Å². The molecule has 4 nitrogen and oxygen atoms in total. The molecular weight excluding hydrogens is 245 g/mol. The maximum Gasteiger partial charge on any atom is 0.231 e. The van der Waals surface area contributed by atoms with Crippen LogP contribution in [0, 0.1) is 17.1 Å². The average molecular weight is 263 g/mol. The monoisotopic (exact) mass is 263 g/mol. The number of nitriles is 1. The van der Waals surface area contributed by atoms with E-state index in [-0.39, 0.29) is 12.4 Å². The number of hydrogen-bond acceptors (Lipinski definition) is 3. The summed E-state index contributed by atoms with van der Waals surface area (Å²) in [6, 6.07) is 6.07. The quantitative estimate of drug-likeness (QED) is 0.815. The highest BCUT2D eigenvalue weighted by Gasteiger charge is 2.12. The lowest BCUT2D eigenvalue weighted by Crippen LogP contribution is -2.34. The molecule has 0 bridgehead atoms. The molecule has 0 fully saturated rings. The first kappa shape index (κ1) is 15.1. The van der Waals surface area contributed by atoms with Crippen molar-refractivity contribution >= 4 is 5.91 Å². The summed E-state index contributed by atoms with van der Waals surface area (Å²) in [5.41, 5.74) is 6.21. The molecule has 0 spiro atoms. The number of carbonyl (C=O) groups is 1. The van der Waals surface area contributed by atoms with Crippen LogP contribution in [0.15, 0.2) is 18.2 Å². The van der Waals surface area contributed by atoms with Gasteiger partial charge in [-0.25, -0.2) is 4.39 Å². The van der Waals surface area contributed by atoms with Crippen molar-refractivity contribution in [1.82, 2.24) is 4.90 Å². The summed E-state index contributed by atoms with van der Waals surface area (Å²) in [6.45, 7) is 3.21. The molecule has 0 aliphatic rings. The first-order chi connectivity index (χ1) is 9.06. The molecule has 0 aliphatic carbocycles. The maximum atomic E-state index is 13.2. The number of nitrogens with two attached hydrogens (primary N) is 1. The highest BCUT2D eigenvalue weighted by atomic mass is 19.1. The predicted molar refractivity (Wildman–Crippen MR) is 70.5 cm³/mol. The summed E-state index contributed by atoms with van der Waals surface area (Å²) in [5.74, 6) is -0.811. The summed E-state index contributed by atoms with van der Waals surface area (Å²) in [7, 11) is 0. The van der Waals surface area contributed by atoms with Gasteiger partial charge in [-0.3, -0.25) is 9.69 Å². The first-order valence-electron chi connectivity index (χ1n) is 6.26. The van der Waals surface area contributed by atoms with Crippen molar-refractivity contribution in [3.63, 3.8) is 0 Å². The number of primary amides is 1. The summed E-state index contributed by atoms with van der Waals surface area (Å²) in [4.78, 5) is 12.9. The zero-order valence-corrected chi connectivity index (χ0v) is 11.0. The smallest absolute Gasteiger partial charge is 0.231 e. The Kier molecular flexibility index (Phi) is 5.97. The Morgan fingerprint density at radius 1 is 1.53 bits per heavy atom. The van der Waals surface area contributed by atoms with E-state index in [9.17, 15) is 9.18 Å². The standard InChI is InChI=1S/C14H18FN3O/c1-2-3-6-18(10-14(17)19)9-12-7-13(15)5-4-11(12)8-16/h4-5,7H,2-3,6,9-10H2,1H3,(H2,17,19). The molecule has 0 aliphatic heterocycles. The number of amides is 1. The van der Waals surface area contributed by atoms with Gasteiger partial charge in [0, 0.05) is 6.54 Å². The lowest BCUT2D eigenvalue weighted by molar-refractivity contribution is -0.119. The number of rotatable bonds is 7. The molecule has 1 aromatic carbocycles. The Morgan fingerprint density at radius 2 is 2.26 bits per heavy atom. The summed E-state index contributed by atoms with van der Waals surface area (Å²) in [5, 5.41) is 9.00. The van der Waals surface area contributed by atoms with Gasteiger partial charge in [-0.1, -0.05) is 13.3 Å². The molecule has 19 heavy (non-hydrogen) atoms. The molecule has 0 atom stereocenters. The van der Waals surface area contributed by atoms with Crippen molar-refractivity contribution < 1.29 is 9.18 Å². The fraction of sp³-hybridized carbons (Fsp3) is 0.429. The van der Waals surface area contributed by atoms with Gasteiger partial charge >= 0.3 is 0 Å². The van der Waals surface area contributed by atoms with Crippen LogP contribution < -0.4 is 5.73 Å². The summed E-state index contributed by atoms with van der Waals surface area (Å²) >= 11 is 0. The Bertz CT molecular complexity index is 482. The largest absolute Gasteiger partial charge is 0.369 e. The molecule has 0 aromatic heterocycles. The molecular formula is C14H18FN3O. The fourth-order valence-electron chi connectivity index (χ4n) is 1.86. The van der Waals surface area contributed by atoms with Crippen molar-refractivity contribution in [2.24, 2.45) is 5.73 Å². The Balaban J connectivity index is 2.85. The Labute approximate surface area is 112 Å². The molecule has 2 N–H and O–H groups in total. The number of halogens is 1. The molecule has 1 amide bonds. The second-order valence-corrected chi connectivity index (χ2v) is 4.44. The number of nitrogens with zero attached hydrogens (tertiary/aromatic N) is 2. The van der Waals surface area contributed by atoms with E-state index in [2.05, 4.69) is 0 Å². The van der Waals surface area contributed by atoms with E-state index in [1.165, 1.54) is 18.2 Å². The van der Waals surface area contributed by atoms with Gasteiger partial charge in [-0.2, -0.15) is 5.26 Å². The van der Waals surface area contributed by atoms with Crippen molar-refractivity contribution in [3.8, 4) is 6.07 Å². The third-order valence-corrected chi connectivity index (χ3v) is 2.79. The minimum atomic E-state index is -0.425. The maximum absolute atomic E-state index is 13.2. The van der Waals surface area contributed by atoms with E-state index in [1.54, 1.807) is 0 Å². The molecule has 0 saturated carbocycles. The van der Waals surface area contributed by atoms with Crippen LogP contribution in [0.3, 0.4) is 0 Å². The molecule has 0 unspecified atom stereocenters. The Hall–Kier alpha value is -1.93. The highest BCUT2D eigenvalue weighted by Crippen LogP contribution is 2.13. The van der Waals surface area contributed by atoms with Gasteiger partial charge in [0.1, 0.15) is 5.82 Å². The fourth-order valence-corrected chi connectivity index (χ4v) is 1.86. The zero-order chi connectivity index (χ0) is 14.3. The highest BCUT2D eigenvalue weighted by molar-refractivity contribution is 5.75. The van der Waals surface area contributed by atoms with Gasteiger partial charge in [-0.05, 0) is 36.7 Å². The van der Waals surface area contributed by atoms with E-state index in [4.69, 9.17) is 11.0 Å². The van der Waals surface area contributed by atoms with Gasteiger partial charge in [-0.15, -0.1) is 0 Å². The SMILES string of the molecule is CCCCN(CC(N)=O)Cc1cc(F)ccc1C#N. The van der Waals surface area contributed by atoms with Crippen LogP contribution in [-0.2, 0) is 11.3 Å². The average Bonchev–Trinajstić information content (AvgIpc) is 2.35. The van der Waals surface area contributed by atoms with Gasteiger partial charge in [0.15, 0.2) is 0 Å². The molecule has 102 valence electrons. The normalized spacial score (nSPS) is 10.4. The number of carbonyl (C=O) groups excluding carboxylic acids is 1. The third kappa shape index (κ3) is 5.06. The second kappa shape index (κ2) is 7.49. The van der Waals surface area contributed by atoms with E-state index in [0.717, 1.165) is 12.8 Å². The minimum absolute atomic E-state index is 0.112.